The van der Waals surface area contributed by atoms with Crippen molar-refractivity contribution in [3.05, 3.63) is 23.8 Å². The minimum Gasteiger partial charge on any atom is -0.371 e. The van der Waals surface area contributed by atoms with E-state index in [4.69, 9.17) is 0 Å². The van der Waals surface area contributed by atoms with Gasteiger partial charge in [0.1, 0.15) is 0 Å². The maximum Gasteiger partial charge on any atom is 0.296 e. The Morgan fingerprint density at radius 3 is 2.44 bits per heavy atom. The summed E-state index contributed by atoms with van der Waals surface area (Å²) in [5.41, 5.74) is 2.26. The molecule has 1 aromatic carbocycles. The van der Waals surface area contributed by atoms with Crippen LogP contribution in [0, 0.1) is 0 Å². The summed E-state index contributed by atoms with van der Waals surface area (Å²) in [7, 11) is 0. The molecule has 1 saturated heterocycles. The van der Waals surface area contributed by atoms with Gasteiger partial charge in [0.05, 0.1) is 11.3 Å². The third-order valence-electron chi connectivity index (χ3n) is 3.67. The summed E-state index contributed by atoms with van der Waals surface area (Å²) < 4.78 is 0. The van der Waals surface area contributed by atoms with Crippen LogP contribution in [0.15, 0.2) is 18.2 Å². The third-order valence-corrected chi connectivity index (χ3v) is 3.67. The summed E-state index contributed by atoms with van der Waals surface area (Å²) in [6.07, 6.45) is 5.00. The Labute approximate surface area is 106 Å². The van der Waals surface area contributed by atoms with Crippen molar-refractivity contribution < 1.29 is 9.59 Å². The number of hydrogen-bond donors (Lipinski definition) is 1. The van der Waals surface area contributed by atoms with Crippen molar-refractivity contribution >= 4 is 23.1 Å². The van der Waals surface area contributed by atoms with Crippen LogP contribution in [-0.4, -0.2) is 24.8 Å². The van der Waals surface area contributed by atoms with Gasteiger partial charge in [-0.2, -0.15) is 0 Å². The second kappa shape index (κ2) is 4.44. The van der Waals surface area contributed by atoms with E-state index in [-0.39, 0.29) is 0 Å². The fourth-order valence-corrected chi connectivity index (χ4v) is 2.66. The van der Waals surface area contributed by atoms with E-state index in [0.717, 1.165) is 18.8 Å². The zero-order valence-electron chi connectivity index (χ0n) is 10.2. The van der Waals surface area contributed by atoms with Crippen molar-refractivity contribution in [1.82, 2.24) is 0 Å². The van der Waals surface area contributed by atoms with Crippen molar-refractivity contribution in [3.8, 4) is 0 Å². The number of carbonyl (C=O) groups is 2. The number of rotatable bonds is 1. The SMILES string of the molecule is O=C1Nc2cc(N3CCCCCC3)ccc2C1=O. The second-order valence-corrected chi connectivity index (χ2v) is 4.91. The van der Waals surface area contributed by atoms with Crippen LogP contribution in [0.4, 0.5) is 11.4 Å². The molecule has 0 aromatic heterocycles. The Morgan fingerprint density at radius 2 is 1.72 bits per heavy atom. The van der Waals surface area contributed by atoms with Gasteiger partial charge >= 0.3 is 0 Å². The predicted molar refractivity (Wildman–Crippen MR) is 70.1 cm³/mol. The van der Waals surface area contributed by atoms with Crippen molar-refractivity contribution in [2.75, 3.05) is 23.3 Å². The van der Waals surface area contributed by atoms with E-state index in [9.17, 15) is 9.59 Å². The van der Waals surface area contributed by atoms with Gasteiger partial charge in [-0.1, -0.05) is 12.8 Å². The van der Waals surface area contributed by atoms with Crippen LogP contribution in [-0.2, 0) is 4.79 Å². The molecule has 2 aliphatic heterocycles. The van der Waals surface area contributed by atoms with E-state index in [0.29, 0.717) is 11.3 Å². The molecule has 0 radical (unpaired) electrons. The molecule has 3 rings (SSSR count). The van der Waals surface area contributed by atoms with Gasteiger partial charge in [0.15, 0.2) is 0 Å². The van der Waals surface area contributed by atoms with Gasteiger partial charge in [-0.25, -0.2) is 0 Å². The summed E-state index contributed by atoms with van der Waals surface area (Å²) in [5, 5.41) is 2.63. The highest BCUT2D eigenvalue weighted by molar-refractivity contribution is 6.51. The van der Waals surface area contributed by atoms with Crippen molar-refractivity contribution in [3.63, 3.8) is 0 Å². The first-order chi connectivity index (χ1) is 8.75. The van der Waals surface area contributed by atoms with Crippen LogP contribution in [0.25, 0.3) is 0 Å². The van der Waals surface area contributed by atoms with E-state index < -0.39 is 11.7 Å². The Hall–Kier alpha value is -1.84. The molecule has 18 heavy (non-hydrogen) atoms. The highest BCUT2D eigenvalue weighted by Gasteiger charge is 2.28. The van der Waals surface area contributed by atoms with Gasteiger partial charge in [-0.15, -0.1) is 0 Å². The monoisotopic (exact) mass is 244 g/mol. The molecular formula is C14H16N2O2. The van der Waals surface area contributed by atoms with Crippen LogP contribution in [0.3, 0.4) is 0 Å². The van der Waals surface area contributed by atoms with Crippen LogP contribution in [0.2, 0.25) is 0 Å². The fourth-order valence-electron chi connectivity index (χ4n) is 2.66. The average Bonchev–Trinajstić information content (AvgIpc) is 2.61. The molecular weight excluding hydrogens is 228 g/mol. The molecule has 0 bridgehead atoms. The van der Waals surface area contributed by atoms with Crippen LogP contribution < -0.4 is 10.2 Å². The largest absolute Gasteiger partial charge is 0.371 e. The number of nitrogens with one attached hydrogen (secondary N) is 1. The number of hydrogen-bond acceptors (Lipinski definition) is 3. The first-order valence-electron chi connectivity index (χ1n) is 6.50. The first-order valence-corrected chi connectivity index (χ1v) is 6.50. The minimum atomic E-state index is -0.516. The molecule has 0 saturated carbocycles. The van der Waals surface area contributed by atoms with Gasteiger partial charge in [0.2, 0.25) is 0 Å². The highest BCUT2D eigenvalue weighted by atomic mass is 16.2. The number of Topliss-reactive ketones (excluding diaryl/α,β-unsaturated/α-hetero) is 1. The molecule has 2 heterocycles. The number of benzene rings is 1. The lowest BCUT2D eigenvalue weighted by Crippen LogP contribution is -2.23. The molecule has 1 N–H and O–H groups in total. The lowest BCUT2D eigenvalue weighted by atomic mass is 10.1. The number of amides is 1. The average molecular weight is 244 g/mol. The molecule has 0 unspecified atom stereocenters. The van der Waals surface area contributed by atoms with Gasteiger partial charge in [0.25, 0.3) is 11.7 Å². The quantitative estimate of drug-likeness (QED) is 0.770. The zero-order chi connectivity index (χ0) is 12.5. The molecule has 4 nitrogen and oxygen atoms in total. The highest BCUT2D eigenvalue weighted by Crippen LogP contribution is 2.29. The van der Waals surface area contributed by atoms with Crippen molar-refractivity contribution in [2.45, 2.75) is 25.7 Å². The minimum absolute atomic E-state index is 0.424. The zero-order valence-corrected chi connectivity index (χ0v) is 10.2. The Morgan fingerprint density at radius 1 is 1.00 bits per heavy atom. The maximum absolute atomic E-state index is 11.5. The molecule has 4 heteroatoms. The maximum atomic E-state index is 11.5. The lowest BCUT2D eigenvalue weighted by Gasteiger charge is -2.23. The van der Waals surface area contributed by atoms with Crippen molar-refractivity contribution in [1.29, 1.82) is 0 Å². The lowest BCUT2D eigenvalue weighted by molar-refractivity contribution is -0.112. The second-order valence-electron chi connectivity index (χ2n) is 4.91. The molecule has 1 fully saturated rings. The molecule has 1 aromatic rings. The first kappa shape index (κ1) is 11.3. The van der Waals surface area contributed by atoms with E-state index in [1.54, 1.807) is 6.07 Å². The summed E-state index contributed by atoms with van der Waals surface area (Å²) >= 11 is 0. The summed E-state index contributed by atoms with van der Waals surface area (Å²) in [4.78, 5) is 25.1. The van der Waals surface area contributed by atoms with Gasteiger partial charge in [-0.05, 0) is 31.0 Å². The van der Waals surface area contributed by atoms with E-state index >= 15 is 0 Å². The third kappa shape index (κ3) is 1.88. The molecule has 1 amide bonds. The standard InChI is InChI=1S/C14H16N2O2/c17-13-11-6-5-10(9-12(11)15-14(13)18)16-7-3-1-2-4-8-16/h5-6,9H,1-4,7-8H2,(H,15,17,18). The van der Waals surface area contributed by atoms with Crippen LogP contribution in [0.5, 0.6) is 0 Å². The Kier molecular flexibility index (Phi) is 2.78. The Balaban J connectivity index is 1.89. The van der Waals surface area contributed by atoms with E-state index in [2.05, 4.69) is 10.2 Å². The van der Waals surface area contributed by atoms with Gasteiger partial charge in [-0.3, -0.25) is 9.59 Å². The molecule has 0 spiro atoms. The molecule has 2 aliphatic rings. The molecule has 0 aliphatic carbocycles. The number of anilines is 2. The van der Waals surface area contributed by atoms with Crippen LogP contribution in [0.1, 0.15) is 36.0 Å². The molecule has 94 valence electrons. The summed E-state index contributed by atoms with van der Waals surface area (Å²) in [6.45, 7) is 2.11. The Bertz CT molecular complexity index is 503. The summed E-state index contributed by atoms with van der Waals surface area (Å²) in [6, 6.07) is 5.63. The fraction of sp³-hybridized carbons (Fsp3) is 0.429. The number of carbonyl (C=O) groups excluding carboxylic acids is 2. The molecule has 0 atom stereocenters. The predicted octanol–water partition coefficient (Wildman–Crippen LogP) is 2.20. The number of ketones is 1. The van der Waals surface area contributed by atoms with Gasteiger partial charge < -0.3 is 10.2 Å². The number of nitrogens with zero attached hydrogens (tertiary/aromatic N) is 1. The van der Waals surface area contributed by atoms with Gasteiger partial charge in [0, 0.05) is 18.8 Å². The van der Waals surface area contributed by atoms with Crippen LogP contribution >= 0.6 is 0 Å². The van der Waals surface area contributed by atoms with E-state index in [1.165, 1.54) is 25.7 Å². The normalized spacial score (nSPS) is 19.4. The smallest absolute Gasteiger partial charge is 0.296 e. The topological polar surface area (TPSA) is 49.4 Å². The number of fused-ring (bicyclic) bond motifs is 1. The van der Waals surface area contributed by atoms with Crippen molar-refractivity contribution in [2.24, 2.45) is 0 Å². The summed E-state index contributed by atoms with van der Waals surface area (Å²) in [5.74, 6) is -0.939. The van der Waals surface area contributed by atoms with E-state index in [1.807, 2.05) is 12.1 Å².